The molecule has 0 bridgehead atoms. The molecule has 0 radical (unpaired) electrons. The van der Waals surface area contributed by atoms with Crippen molar-refractivity contribution in [2.45, 2.75) is 26.3 Å². The minimum atomic E-state index is -0.114. The van der Waals surface area contributed by atoms with E-state index in [0.717, 1.165) is 53.5 Å². The highest BCUT2D eigenvalue weighted by Crippen LogP contribution is 2.31. The van der Waals surface area contributed by atoms with Crippen LogP contribution in [0.2, 0.25) is 0 Å². The number of amides is 2. The van der Waals surface area contributed by atoms with Gasteiger partial charge in [0, 0.05) is 26.2 Å². The number of aryl methyl sites for hydroxylation is 1. The number of benzene rings is 2. The van der Waals surface area contributed by atoms with Gasteiger partial charge in [0.2, 0.25) is 0 Å². The van der Waals surface area contributed by atoms with Gasteiger partial charge in [0.15, 0.2) is 5.13 Å². The van der Waals surface area contributed by atoms with E-state index in [9.17, 15) is 4.79 Å². The molecule has 1 aliphatic heterocycles. The van der Waals surface area contributed by atoms with Gasteiger partial charge in [-0.1, -0.05) is 35.6 Å². The van der Waals surface area contributed by atoms with Crippen LogP contribution < -0.4 is 20.3 Å². The number of anilines is 1. The number of ether oxygens (including phenoxy) is 1. The van der Waals surface area contributed by atoms with Crippen molar-refractivity contribution in [3.8, 4) is 5.75 Å². The zero-order chi connectivity index (χ0) is 20.9. The average molecular weight is 425 g/mol. The summed E-state index contributed by atoms with van der Waals surface area (Å²) < 4.78 is 6.51. The third-order valence-corrected chi connectivity index (χ3v) is 6.73. The van der Waals surface area contributed by atoms with Gasteiger partial charge < -0.3 is 20.3 Å². The second-order valence-electron chi connectivity index (χ2n) is 7.76. The topological polar surface area (TPSA) is 66.5 Å². The van der Waals surface area contributed by atoms with Crippen LogP contribution in [0.4, 0.5) is 9.93 Å². The Morgan fingerprint density at radius 2 is 2.00 bits per heavy atom. The van der Waals surface area contributed by atoms with Gasteiger partial charge in [-0.25, -0.2) is 9.78 Å². The van der Waals surface area contributed by atoms with Gasteiger partial charge in [-0.15, -0.1) is 0 Å². The molecule has 158 valence electrons. The number of thiazole rings is 1. The molecule has 0 unspecified atom stereocenters. The smallest absolute Gasteiger partial charge is 0.315 e. The first-order valence-electron chi connectivity index (χ1n) is 10.4. The van der Waals surface area contributed by atoms with Crippen molar-refractivity contribution in [1.29, 1.82) is 0 Å². The number of nitrogens with zero attached hydrogens (tertiary/aromatic N) is 2. The van der Waals surface area contributed by atoms with Gasteiger partial charge in [0.05, 0.1) is 17.3 Å². The number of carbonyl (C=O) groups is 1. The number of carbonyl (C=O) groups excluding carboxylic acids is 1. The number of aromatic nitrogens is 1. The summed E-state index contributed by atoms with van der Waals surface area (Å²) in [6.07, 6.45) is 2.13. The fourth-order valence-electron chi connectivity index (χ4n) is 3.86. The maximum atomic E-state index is 12.2. The number of urea groups is 1. The predicted octanol–water partition coefficient (Wildman–Crippen LogP) is 4.33. The molecule has 4 rings (SSSR count). The molecular formula is C23H28N4O2S. The van der Waals surface area contributed by atoms with Crippen molar-refractivity contribution in [3.63, 3.8) is 0 Å². The average Bonchev–Trinajstić information content (AvgIpc) is 3.21. The molecule has 2 aromatic carbocycles. The molecule has 30 heavy (non-hydrogen) atoms. The first-order valence-corrected chi connectivity index (χ1v) is 11.2. The van der Waals surface area contributed by atoms with E-state index < -0.39 is 0 Å². The summed E-state index contributed by atoms with van der Waals surface area (Å²) in [5.74, 6) is 1.37. The van der Waals surface area contributed by atoms with Crippen molar-refractivity contribution < 1.29 is 9.53 Å². The standard InChI is InChI=1S/C23H28N4O2S/c1-16-13-18(7-8-20(16)29-2)15-25-22(28)24-14-17-9-11-27(12-10-17)23-26-19-5-3-4-6-21(19)30-23/h3-8,13,17H,9-12,14-15H2,1-2H3,(H2,24,25,28). The lowest BCUT2D eigenvalue weighted by atomic mass is 9.97. The highest BCUT2D eigenvalue weighted by molar-refractivity contribution is 7.22. The largest absolute Gasteiger partial charge is 0.496 e. The number of nitrogens with one attached hydrogen (secondary N) is 2. The van der Waals surface area contributed by atoms with E-state index in [-0.39, 0.29) is 6.03 Å². The number of methoxy groups -OCH3 is 1. The quantitative estimate of drug-likeness (QED) is 0.618. The molecule has 1 aromatic heterocycles. The molecular weight excluding hydrogens is 396 g/mol. The SMILES string of the molecule is COc1ccc(CNC(=O)NCC2CCN(c3nc4ccccc4s3)CC2)cc1C. The summed E-state index contributed by atoms with van der Waals surface area (Å²) in [4.78, 5) is 19.3. The molecule has 0 saturated carbocycles. The van der Waals surface area contributed by atoms with Crippen molar-refractivity contribution in [2.24, 2.45) is 5.92 Å². The number of hydrogen-bond donors (Lipinski definition) is 2. The normalized spacial score (nSPS) is 14.7. The zero-order valence-corrected chi connectivity index (χ0v) is 18.3. The Balaban J connectivity index is 1.20. The maximum absolute atomic E-state index is 12.2. The van der Waals surface area contributed by atoms with Gasteiger partial charge in [0.25, 0.3) is 0 Å². The number of piperidine rings is 1. The lowest BCUT2D eigenvalue weighted by Gasteiger charge is -2.31. The van der Waals surface area contributed by atoms with Crippen molar-refractivity contribution >= 4 is 32.7 Å². The fourth-order valence-corrected chi connectivity index (χ4v) is 4.87. The minimum Gasteiger partial charge on any atom is -0.496 e. The molecule has 2 amide bonds. The number of hydrogen-bond acceptors (Lipinski definition) is 5. The van der Waals surface area contributed by atoms with Crippen LogP contribution >= 0.6 is 11.3 Å². The van der Waals surface area contributed by atoms with E-state index in [1.54, 1.807) is 18.4 Å². The molecule has 1 aliphatic rings. The van der Waals surface area contributed by atoms with E-state index in [2.05, 4.69) is 33.7 Å². The van der Waals surface area contributed by atoms with E-state index in [1.807, 2.05) is 31.2 Å². The van der Waals surface area contributed by atoms with Crippen LogP contribution in [0.3, 0.4) is 0 Å². The second-order valence-corrected chi connectivity index (χ2v) is 8.77. The van der Waals surface area contributed by atoms with Crippen molar-refractivity contribution in [1.82, 2.24) is 15.6 Å². The summed E-state index contributed by atoms with van der Waals surface area (Å²) in [7, 11) is 1.66. The molecule has 1 fully saturated rings. The summed E-state index contributed by atoms with van der Waals surface area (Å²) in [5, 5.41) is 7.08. The number of rotatable bonds is 6. The zero-order valence-electron chi connectivity index (χ0n) is 17.5. The third-order valence-electron chi connectivity index (χ3n) is 5.63. The summed E-state index contributed by atoms with van der Waals surface area (Å²) >= 11 is 1.76. The van der Waals surface area contributed by atoms with Gasteiger partial charge in [-0.2, -0.15) is 0 Å². The van der Waals surface area contributed by atoms with E-state index >= 15 is 0 Å². The molecule has 0 aliphatic carbocycles. The maximum Gasteiger partial charge on any atom is 0.315 e. The van der Waals surface area contributed by atoms with Crippen LogP contribution in [0.15, 0.2) is 42.5 Å². The molecule has 3 aromatic rings. The second kappa shape index (κ2) is 9.34. The lowest BCUT2D eigenvalue weighted by Crippen LogP contribution is -2.41. The molecule has 1 saturated heterocycles. The number of fused-ring (bicyclic) bond motifs is 1. The first-order chi connectivity index (χ1) is 14.6. The lowest BCUT2D eigenvalue weighted by molar-refractivity contribution is 0.237. The van der Waals surface area contributed by atoms with E-state index in [1.165, 1.54) is 4.70 Å². The Morgan fingerprint density at radius 1 is 1.20 bits per heavy atom. The van der Waals surface area contributed by atoms with Crippen LogP contribution in [0, 0.1) is 12.8 Å². The molecule has 7 heteroatoms. The Labute approximate surface area is 181 Å². The Hall–Kier alpha value is -2.80. The fraction of sp³-hybridized carbons (Fsp3) is 0.391. The van der Waals surface area contributed by atoms with Crippen LogP contribution in [0.1, 0.15) is 24.0 Å². The highest BCUT2D eigenvalue weighted by atomic mass is 32.1. The molecule has 2 N–H and O–H groups in total. The summed E-state index contributed by atoms with van der Waals surface area (Å²) in [6.45, 7) is 5.19. The predicted molar refractivity (Wildman–Crippen MR) is 123 cm³/mol. The van der Waals surface area contributed by atoms with Crippen LogP contribution in [0.25, 0.3) is 10.2 Å². The highest BCUT2D eigenvalue weighted by Gasteiger charge is 2.22. The molecule has 2 heterocycles. The monoisotopic (exact) mass is 424 g/mol. The summed E-state index contributed by atoms with van der Waals surface area (Å²) in [5.41, 5.74) is 3.20. The Kier molecular flexibility index (Phi) is 6.38. The summed E-state index contributed by atoms with van der Waals surface area (Å²) in [6, 6.07) is 14.1. The Bertz CT molecular complexity index is 978. The van der Waals surface area contributed by atoms with Gasteiger partial charge >= 0.3 is 6.03 Å². The van der Waals surface area contributed by atoms with Gasteiger partial charge in [-0.3, -0.25) is 0 Å². The van der Waals surface area contributed by atoms with Gasteiger partial charge in [-0.05, 0) is 55.0 Å². The van der Waals surface area contributed by atoms with E-state index in [4.69, 9.17) is 9.72 Å². The van der Waals surface area contributed by atoms with Gasteiger partial charge in [0.1, 0.15) is 5.75 Å². The molecule has 0 atom stereocenters. The van der Waals surface area contributed by atoms with Crippen LogP contribution in [0.5, 0.6) is 5.75 Å². The van der Waals surface area contributed by atoms with E-state index in [0.29, 0.717) is 19.0 Å². The van der Waals surface area contributed by atoms with Crippen LogP contribution in [-0.2, 0) is 6.54 Å². The van der Waals surface area contributed by atoms with Crippen molar-refractivity contribution in [3.05, 3.63) is 53.6 Å². The molecule has 6 nitrogen and oxygen atoms in total. The van der Waals surface area contributed by atoms with Crippen LogP contribution in [-0.4, -0.2) is 37.8 Å². The van der Waals surface area contributed by atoms with Crippen molar-refractivity contribution in [2.75, 3.05) is 31.6 Å². The molecule has 0 spiro atoms. The minimum absolute atomic E-state index is 0.114. The third kappa shape index (κ3) is 4.84. The Morgan fingerprint density at radius 3 is 2.73 bits per heavy atom. The first kappa shape index (κ1) is 20.5. The number of para-hydroxylation sites is 1.